The molecule has 0 radical (unpaired) electrons. The highest BCUT2D eigenvalue weighted by Gasteiger charge is 2.29. The normalized spacial score (nSPS) is 34.2. The number of rotatable bonds is 2. The maximum absolute atomic E-state index is 3.59. The maximum Gasteiger partial charge on any atom is 0.0249 e. The minimum Gasteiger partial charge on any atom is -0.315 e. The number of hydrogen-bond acceptors (Lipinski definition) is 2. The second kappa shape index (κ2) is 6.75. The Balaban J connectivity index is 1.93. The van der Waals surface area contributed by atoms with Crippen LogP contribution in [-0.4, -0.2) is 37.1 Å². The van der Waals surface area contributed by atoms with Crippen LogP contribution in [0.1, 0.15) is 58.3 Å². The summed E-state index contributed by atoms with van der Waals surface area (Å²) in [6, 6.07) is 1.55. The Kier molecular flexibility index (Phi) is 5.30. The zero-order chi connectivity index (χ0) is 12.1. The van der Waals surface area contributed by atoms with Gasteiger partial charge < -0.3 is 5.32 Å². The summed E-state index contributed by atoms with van der Waals surface area (Å²) in [5, 5.41) is 3.59. The van der Waals surface area contributed by atoms with E-state index in [4.69, 9.17) is 0 Å². The van der Waals surface area contributed by atoms with E-state index in [0.717, 1.165) is 18.0 Å². The number of nitrogens with one attached hydrogen (secondary N) is 1. The van der Waals surface area contributed by atoms with E-state index >= 15 is 0 Å². The topological polar surface area (TPSA) is 15.3 Å². The molecule has 2 fully saturated rings. The fourth-order valence-electron chi connectivity index (χ4n) is 3.60. The Hall–Kier alpha value is -0.0800. The van der Waals surface area contributed by atoms with Crippen molar-refractivity contribution in [1.29, 1.82) is 0 Å². The van der Waals surface area contributed by atoms with E-state index < -0.39 is 0 Å². The van der Waals surface area contributed by atoms with Crippen LogP contribution in [-0.2, 0) is 0 Å². The van der Waals surface area contributed by atoms with E-state index in [1.54, 1.807) is 0 Å². The third-order valence-electron chi connectivity index (χ3n) is 4.89. The monoisotopic (exact) mass is 238 g/mol. The molecule has 2 heteroatoms. The van der Waals surface area contributed by atoms with Gasteiger partial charge in [-0.2, -0.15) is 0 Å². The molecule has 2 rings (SSSR count). The van der Waals surface area contributed by atoms with Crippen molar-refractivity contribution in [2.45, 2.75) is 70.4 Å². The van der Waals surface area contributed by atoms with Crippen LogP contribution >= 0.6 is 0 Å². The van der Waals surface area contributed by atoms with Gasteiger partial charge in [-0.25, -0.2) is 0 Å². The lowest BCUT2D eigenvalue weighted by molar-refractivity contribution is 0.0970. The van der Waals surface area contributed by atoms with Crippen molar-refractivity contribution in [2.75, 3.05) is 20.1 Å². The van der Waals surface area contributed by atoms with Crippen LogP contribution < -0.4 is 5.32 Å². The summed E-state index contributed by atoms with van der Waals surface area (Å²) >= 11 is 0. The number of piperidine rings is 1. The van der Waals surface area contributed by atoms with Gasteiger partial charge in [0.25, 0.3) is 0 Å². The Morgan fingerprint density at radius 2 is 1.53 bits per heavy atom. The predicted molar refractivity (Wildman–Crippen MR) is 74.3 cm³/mol. The zero-order valence-electron chi connectivity index (χ0n) is 11.8. The minimum atomic E-state index is 0.740. The highest BCUT2D eigenvalue weighted by molar-refractivity contribution is 4.87. The molecule has 2 aliphatic rings. The standard InChI is InChI=1S/C15H30N2/c1-13-9-11-17(12-10-13)15-8-6-4-3-5-7-14(15)16-2/h13-16H,3-12H2,1-2H3. The first-order valence-corrected chi connectivity index (χ1v) is 7.72. The maximum atomic E-state index is 3.59. The van der Waals surface area contributed by atoms with Crippen LogP contribution in [0.25, 0.3) is 0 Å². The van der Waals surface area contributed by atoms with Gasteiger partial charge in [0, 0.05) is 12.1 Å². The number of likely N-dealkylation sites (tertiary alicyclic amines) is 1. The lowest BCUT2D eigenvalue weighted by Crippen LogP contribution is -2.51. The molecule has 0 aromatic rings. The molecule has 0 amide bonds. The molecule has 2 unspecified atom stereocenters. The summed E-state index contributed by atoms with van der Waals surface area (Å²) in [5.74, 6) is 0.952. The summed E-state index contributed by atoms with van der Waals surface area (Å²) in [5.41, 5.74) is 0. The van der Waals surface area contributed by atoms with Crippen molar-refractivity contribution < 1.29 is 0 Å². The smallest absolute Gasteiger partial charge is 0.0249 e. The lowest BCUT2D eigenvalue weighted by atomic mass is 9.89. The van der Waals surface area contributed by atoms with E-state index in [1.807, 2.05) is 0 Å². The van der Waals surface area contributed by atoms with E-state index in [9.17, 15) is 0 Å². The second-order valence-electron chi connectivity index (χ2n) is 6.17. The fourth-order valence-corrected chi connectivity index (χ4v) is 3.60. The van der Waals surface area contributed by atoms with E-state index in [2.05, 4.69) is 24.2 Å². The van der Waals surface area contributed by atoms with Crippen LogP contribution in [0.2, 0.25) is 0 Å². The Bertz CT molecular complexity index is 209. The van der Waals surface area contributed by atoms with Gasteiger partial charge in [-0.05, 0) is 51.7 Å². The quantitative estimate of drug-likeness (QED) is 0.795. The molecular formula is C15H30N2. The van der Waals surface area contributed by atoms with Crippen LogP contribution in [0.15, 0.2) is 0 Å². The van der Waals surface area contributed by atoms with E-state index in [-0.39, 0.29) is 0 Å². The molecule has 0 spiro atoms. The number of nitrogens with zero attached hydrogens (tertiary/aromatic N) is 1. The van der Waals surface area contributed by atoms with E-state index in [0.29, 0.717) is 0 Å². The first kappa shape index (κ1) is 13.4. The van der Waals surface area contributed by atoms with Crippen molar-refractivity contribution in [3.05, 3.63) is 0 Å². The minimum absolute atomic E-state index is 0.740. The van der Waals surface area contributed by atoms with Crippen molar-refractivity contribution in [3.8, 4) is 0 Å². The molecular weight excluding hydrogens is 208 g/mol. The summed E-state index contributed by atoms with van der Waals surface area (Å²) in [7, 11) is 2.16. The predicted octanol–water partition coefficient (Wildman–Crippen LogP) is 3.03. The molecule has 2 nitrogen and oxygen atoms in total. The van der Waals surface area contributed by atoms with E-state index in [1.165, 1.54) is 64.5 Å². The van der Waals surface area contributed by atoms with Crippen molar-refractivity contribution >= 4 is 0 Å². The fraction of sp³-hybridized carbons (Fsp3) is 1.00. The molecule has 0 aromatic carbocycles. The van der Waals surface area contributed by atoms with Crippen LogP contribution in [0.3, 0.4) is 0 Å². The number of likely N-dealkylation sites (N-methyl/N-ethyl adjacent to an activating group) is 1. The molecule has 1 saturated heterocycles. The molecule has 17 heavy (non-hydrogen) atoms. The summed E-state index contributed by atoms with van der Waals surface area (Å²) in [6.45, 7) is 5.08. The molecule has 1 heterocycles. The average Bonchev–Trinajstić information content (AvgIpc) is 2.31. The third-order valence-corrected chi connectivity index (χ3v) is 4.89. The molecule has 0 bridgehead atoms. The van der Waals surface area contributed by atoms with Crippen molar-refractivity contribution in [3.63, 3.8) is 0 Å². The molecule has 2 atom stereocenters. The third kappa shape index (κ3) is 3.69. The Labute approximate surface area is 107 Å². The van der Waals surface area contributed by atoms with Gasteiger partial charge in [0.15, 0.2) is 0 Å². The van der Waals surface area contributed by atoms with Gasteiger partial charge in [-0.1, -0.05) is 32.6 Å². The molecule has 1 aliphatic heterocycles. The largest absolute Gasteiger partial charge is 0.315 e. The Morgan fingerprint density at radius 1 is 0.882 bits per heavy atom. The van der Waals surface area contributed by atoms with Crippen molar-refractivity contribution in [2.24, 2.45) is 5.92 Å². The summed E-state index contributed by atoms with van der Waals surface area (Å²) in [4.78, 5) is 2.78. The van der Waals surface area contributed by atoms with Gasteiger partial charge in [0.2, 0.25) is 0 Å². The molecule has 0 aromatic heterocycles. The molecule has 1 saturated carbocycles. The summed E-state index contributed by atoms with van der Waals surface area (Å²) in [6.07, 6.45) is 11.4. The van der Waals surface area contributed by atoms with Gasteiger partial charge >= 0.3 is 0 Å². The van der Waals surface area contributed by atoms with Gasteiger partial charge in [-0.15, -0.1) is 0 Å². The van der Waals surface area contributed by atoms with Crippen LogP contribution in [0.4, 0.5) is 0 Å². The number of hydrogen-bond donors (Lipinski definition) is 1. The molecule has 1 N–H and O–H groups in total. The highest BCUT2D eigenvalue weighted by Crippen LogP contribution is 2.26. The first-order chi connectivity index (χ1) is 8.31. The Morgan fingerprint density at radius 3 is 2.18 bits per heavy atom. The molecule has 100 valence electrons. The molecule has 1 aliphatic carbocycles. The van der Waals surface area contributed by atoms with Gasteiger partial charge in [0.05, 0.1) is 0 Å². The SMILES string of the molecule is CNC1CCCCCCC1N1CCC(C)CC1. The van der Waals surface area contributed by atoms with Crippen LogP contribution in [0, 0.1) is 5.92 Å². The zero-order valence-corrected chi connectivity index (χ0v) is 11.8. The second-order valence-corrected chi connectivity index (χ2v) is 6.17. The lowest BCUT2D eigenvalue weighted by Gasteiger charge is -2.41. The van der Waals surface area contributed by atoms with Gasteiger partial charge in [-0.3, -0.25) is 4.90 Å². The van der Waals surface area contributed by atoms with Gasteiger partial charge in [0.1, 0.15) is 0 Å². The van der Waals surface area contributed by atoms with Crippen LogP contribution in [0.5, 0.6) is 0 Å². The average molecular weight is 238 g/mol. The summed E-state index contributed by atoms with van der Waals surface area (Å²) < 4.78 is 0. The first-order valence-electron chi connectivity index (χ1n) is 7.72. The highest BCUT2D eigenvalue weighted by atomic mass is 15.2. The van der Waals surface area contributed by atoms with Crippen molar-refractivity contribution in [1.82, 2.24) is 10.2 Å².